The van der Waals surface area contributed by atoms with Gasteiger partial charge in [0.1, 0.15) is 11.6 Å². The van der Waals surface area contributed by atoms with Crippen LogP contribution in [0, 0.1) is 29.5 Å². The van der Waals surface area contributed by atoms with Gasteiger partial charge in [0.2, 0.25) is 11.8 Å². The number of nitrogens with zero attached hydrogens (tertiary/aromatic N) is 2. The summed E-state index contributed by atoms with van der Waals surface area (Å²) in [7, 11) is 0. The molecule has 4 aliphatic rings. The van der Waals surface area contributed by atoms with Crippen LogP contribution in [-0.4, -0.2) is 39.5 Å². The summed E-state index contributed by atoms with van der Waals surface area (Å²) in [6, 6.07) is 38.2. The largest absolute Gasteiger partial charge is 0.507 e. The fraction of sp³-hybridized carbons (Fsp3) is 0.163. The molecule has 11 heteroatoms. The van der Waals surface area contributed by atoms with Crippen molar-refractivity contribution in [3.63, 3.8) is 0 Å². The number of carbonyl (C=O) groups excluding carboxylic acids is 5. The van der Waals surface area contributed by atoms with E-state index in [4.69, 9.17) is 11.6 Å². The average Bonchev–Trinajstić information content (AvgIpc) is 3.65. The second-order valence-electron chi connectivity index (χ2n) is 15.9. The number of nitrogens with one attached hydrogen (secondary N) is 1. The molecule has 4 amide bonds. The van der Waals surface area contributed by atoms with Gasteiger partial charge in [-0.1, -0.05) is 102 Å². The Bertz CT molecular complexity index is 2810. The summed E-state index contributed by atoms with van der Waals surface area (Å²) >= 11 is 6.42. The molecule has 296 valence electrons. The van der Waals surface area contributed by atoms with Crippen molar-refractivity contribution >= 4 is 63.2 Å². The maximum atomic E-state index is 15.5. The number of hydrogen-bond donors (Lipinski definition) is 2. The number of benzene rings is 6. The van der Waals surface area contributed by atoms with Crippen molar-refractivity contribution in [3.05, 3.63) is 184 Å². The van der Waals surface area contributed by atoms with Gasteiger partial charge in [0.15, 0.2) is 5.78 Å². The number of anilines is 2. The Balaban J connectivity index is 1.11. The molecule has 2 heterocycles. The van der Waals surface area contributed by atoms with Crippen LogP contribution < -0.4 is 10.3 Å². The molecule has 3 fully saturated rings. The Morgan fingerprint density at radius 2 is 1.42 bits per heavy atom. The van der Waals surface area contributed by atoms with E-state index in [-0.39, 0.29) is 24.4 Å². The van der Waals surface area contributed by atoms with Gasteiger partial charge in [0.25, 0.3) is 11.8 Å². The van der Waals surface area contributed by atoms with Crippen LogP contribution in [0.15, 0.2) is 151 Å². The van der Waals surface area contributed by atoms with Crippen LogP contribution >= 0.6 is 11.6 Å². The molecule has 2 N–H and O–H groups in total. The van der Waals surface area contributed by atoms with Crippen LogP contribution in [0.1, 0.15) is 45.8 Å². The maximum absolute atomic E-state index is 15.5. The lowest BCUT2D eigenvalue weighted by Crippen LogP contribution is -2.53. The first-order chi connectivity index (χ1) is 29.1. The Kier molecular flexibility index (Phi) is 8.80. The minimum absolute atomic E-state index is 0.0318. The highest BCUT2D eigenvalue weighted by Crippen LogP contribution is 2.65. The molecule has 9 nitrogen and oxygen atoms in total. The van der Waals surface area contributed by atoms with E-state index < -0.39 is 64.5 Å². The number of phenols is 1. The minimum atomic E-state index is -1.66. The van der Waals surface area contributed by atoms with Gasteiger partial charge in [-0.05, 0) is 90.4 Å². The Morgan fingerprint density at radius 3 is 2.15 bits per heavy atom. The van der Waals surface area contributed by atoms with E-state index >= 15 is 4.79 Å². The number of hydrazine groups is 1. The lowest BCUT2D eigenvalue weighted by Gasteiger charge is -2.50. The third kappa shape index (κ3) is 5.54. The number of rotatable bonds is 7. The highest BCUT2D eigenvalue weighted by Gasteiger charge is 2.70. The first-order valence-electron chi connectivity index (χ1n) is 19.7. The SMILES string of the molecule is O=C(c1ccccc1)c1ccc(N2C(=O)[C@H]3[C@H](CC=C4[C@H]3C[C@H]3C(=O)N(Nc5ccc(F)cc5)C(=O)[C@@]3(c3ccc(Cl)cc3)[C@H]4c3ccc4ccccc4c3O)C2=O)cc1. The number of fused-ring (bicyclic) bond motifs is 5. The molecule has 0 aromatic heterocycles. The smallest absolute Gasteiger partial charge is 0.260 e. The molecule has 6 atom stereocenters. The molecule has 2 saturated heterocycles. The van der Waals surface area contributed by atoms with Gasteiger partial charge in [-0.25, -0.2) is 4.39 Å². The van der Waals surface area contributed by atoms with Crippen LogP contribution in [0.3, 0.4) is 0 Å². The molecule has 0 unspecified atom stereocenters. The first kappa shape index (κ1) is 37.4. The zero-order chi connectivity index (χ0) is 41.4. The van der Waals surface area contributed by atoms with Crippen molar-refractivity contribution in [2.75, 3.05) is 10.3 Å². The predicted molar refractivity (Wildman–Crippen MR) is 223 cm³/mol. The summed E-state index contributed by atoms with van der Waals surface area (Å²) in [4.78, 5) is 74.0. The quantitative estimate of drug-likeness (QED) is 0.0939. The molecule has 60 heavy (non-hydrogen) atoms. The molecule has 10 rings (SSSR count). The number of halogens is 2. The summed E-state index contributed by atoms with van der Waals surface area (Å²) in [5.74, 6) is -7.17. The minimum Gasteiger partial charge on any atom is -0.507 e. The zero-order valence-electron chi connectivity index (χ0n) is 31.8. The average molecular weight is 816 g/mol. The van der Waals surface area contributed by atoms with Crippen LogP contribution in [-0.2, 0) is 24.6 Å². The number of ketones is 1. The Morgan fingerprint density at radius 1 is 0.733 bits per heavy atom. The third-order valence-corrected chi connectivity index (χ3v) is 13.2. The molecule has 6 aromatic carbocycles. The lowest BCUT2D eigenvalue weighted by molar-refractivity contribution is -0.138. The molecule has 0 bridgehead atoms. The number of amides is 4. The highest BCUT2D eigenvalue weighted by atomic mass is 35.5. The molecule has 6 aromatic rings. The van der Waals surface area contributed by atoms with Crippen molar-refractivity contribution < 1.29 is 33.5 Å². The number of hydrogen-bond acceptors (Lipinski definition) is 7. The van der Waals surface area contributed by atoms with Gasteiger partial charge < -0.3 is 5.11 Å². The second kappa shape index (κ2) is 14.1. The normalized spacial score (nSPS) is 24.6. The molecule has 2 aliphatic heterocycles. The highest BCUT2D eigenvalue weighted by molar-refractivity contribution is 6.30. The van der Waals surface area contributed by atoms with Gasteiger partial charge in [-0.2, -0.15) is 5.01 Å². The third-order valence-electron chi connectivity index (χ3n) is 12.9. The van der Waals surface area contributed by atoms with E-state index in [1.807, 2.05) is 30.3 Å². The second-order valence-corrected chi connectivity index (χ2v) is 16.3. The first-order valence-corrected chi connectivity index (χ1v) is 20.1. The van der Waals surface area contributed by atoms with E-state index in [1.165, 1.54) is 29.2 Å². The summed E-state index contributed by atoms with van der Waals surface area (Å²) in [5, 5.41) is 14.9. The number of imide groups is 2. The molecule has 2 aliphatic carbocycles. The van der Waals surface area contributed by atoms with Crippen molar-refractivity contribution in [3.8, 4) is 5.75 Å². The molecular weight excluding hydrogens is 781 g/mol. The predicted octanol–water partition coefficient (Wildman–Crippen LogP) is 8.76. The Hall–Kier alpha value is -6.91. The molecule has 1 saturated carbocycles. The van der Waals surface area contributed by atoms with Gasteiger partial charge in [0, 0.05) is 33.0 Å². The van der Waals surface area contributed by atoms with Crippen molar-refractivity contribution in [2.45, 2.75) is 24.2 Å². The fourth-order valence-electron chi connectivity index (χ4n) is 10.3. The number of phenolic OH excluding ortho intramolecular Hbond substituents is 1. The van der Waals surface area contributed by atoms with Crippen molar-refractivity contribution in [1.82, 2.24) is 5.01 Å². The van der Waals surface area contributed by atoms with E-state index in [9.17, 15) is 28.7 Å². The van der Waals surface area contributed by atoms with Crippen LogP contribution in [0.2, 0.25) is 5.02 Å². The number of aromatic hydroxyl groups is 1. The molecular formula is C49H35ClFN3O6. The number of carbonyl (C=O) groups is 5. The van der Waals surface area contributed by atoms with Crippen LogP contribution in [0.4, 0.5) is 15.8 Å². The summed E-state index contributed by atoms with van der Waals surface area (Å²) in [5.41, 5.74) is 4.36. The van der Waals surface area contributed by atoms with Crippen LogP contribution in [0.5, 0.6) is 5.75 Å². The van der Waals surface area contributed by atoms with Crippen LogP contribution in [0.25, 0.3) is 10.8 Å². The summed E-state index contributed by atoms with van der Waals surface area (Å²) < 4.78 is 14.0. The summed E-state index contributed by atoms with van der Waals surface area (Å²) in [6.45, 7) is 0. The fourth-order valence-corrected chi connectivity index (χ4v) is 10.4. The Labute approximate surface area is 348 Å². The standard InChI is InChI=1S/C49H35ClFN3O6/c50-31-15-13-30(14-16-31)49-40(46(58)54(48(49)60)52-33-19-17-32(51)18-20-33)26-39-36(42(49)38-23-12-27-6-4-5-9-35(27)44(38)56)24-25-37-41(39)47(59)53(45(37)57)34-21-10-29(11-22-34)43(55)28-7-2-1-3-8-28/h1-24,37,39-42,52,56H,25-26H2/t37-,39+,40-,41-,42+,49+/m0/s1. The summed E-state index contributed by atoms with van der Waals surface area (Å²) in [6.07, 6.45) is 2.13. The monoisotopic (exact) mass is 815 g/mol. The lowest BCUT2D eigenvalue weighted by atomic mass is 9.49. The van der Waals surface area contributed by atoms with Crippen molar-refractivity contribution in [2.24, 2.45) is 23.7 Å². The molecule has 0 spiro atoms. The van der Waals surface area contributed by atoms with E-state index in [0.29, 0.717) is 49.6 Å². The number of allylic oxidation sites excluding steroid dienone is 2. The van der Waals surface area contributed by atoms with Gasteiger partial charge in [0.05, 0.1) is 34.5 Å². The van der Waals surface area contributed by atoms with Gasteiger partial charge in [-0.15, -0.1) is 0 Å². The topological polar surface area (TPSA) is 124 Å². The van der Waals surface area contributed by atoms with E-state index in [2.05, 4.69) is 5.43 Å². The van der Waals surface area contributed by atoms with Crippen molar-refractivity contribution in [1.29, 1.82) is 0 Å². The van der Waals surface area contributed by atoms with E-state index in [0.717, 1.165) is 10.4 Å². The molecule has 0 radical (unpaired) electrons. The maximum Gasteiger partial charge on any atom is 0.260 e. The van der Waals surface area contributed by atoms with Gasteiger partial charge >= 0.3 is 0 Å². The zero-order valence-corrected chi connectivity index (χ0v) is 32.6. The van der Waals surface area contributed by atoms with Gasteiger partial charge in [-0.3, -0.25) is 34.3 Å². The van der Waals surface area contributed by atoms with E-state index in [1.54, 1.807) is 91.0 Å².